The van der Waals surface area contributed by atoms with Gasteiger partial charge < -0.3 is 5.32 Å². The van der Waals surface area contributed by atoms with Gasteiger partial charge in [0.1, 0.15) is 0 Å². The third-order valence-corrected chi connectivity index (χ3v) is 2.30. The highest BCUT2D eigenvalue weighted by Gasteiger charge is 1.92. The average Bonchev–Trinajstić information content (AvgIpc) is 2.15. The molecule has 0 aromatic heterocycles. The Morgan fingerprint density at radius 1 is 1.57 bits per heavy atom. The molecule has 3 heteroatoms. The molecule has 0 heterocycles. The van der Waals surface area contributed by atoms with E-state index in [4.69, 9.17) is 0 Å². The quantitative estimate of drug-likeness (QED) is 0.674. The van der Waals surface area contributed by atoms with Crippen molar-refractivity contribution in [1.29, 1.82) is 0 Å². The third kappa shape index (κ3) is 3.91. The van der Waals surface area contributed by atoms with E-state index in [0.717, 1.165) is 5.56 Å². The van der Waals surface area contributed by atoms with E-state index in [1.54, 1.807) is 6.08 Å². The first kappa shape index (κ1) is 11.2. The van der Waals surface area contributed by atoms with Gasteiger partial charge in [0.2, 0.25) is 5.91 Å². The topological polar surface area (TPSA) is 29.1 Å². The maximum absolute atomic E-state index is 11.1. The Bertz CT molecular complexity index is 347. The maximum atomic E-state index is 11.1. The Morgan fingerprint density at radius 2 is 2.36 bits per heavy atom. The Balaban J connectivity index is 2.64. The van der Waals surface area contributed by atoms with Crippen LogP contribution in [0.3, 0.4) is 0 Å². The van der Waals surface area contributed by atoms with E-state index in [1.165, 1.54) is 3.57 Å². The zero-order valence-corrected chi connectivity index (χ0v) is 10.1. The maximum Gasteiger partial charge on any atom is 0.243 e. The van der Waals surface area contributed by atoms with Crippen molar-refractivity contribution >= 4 is 34.6 Å². The average molecular weight is 301 g/mol. The lowest BCUT2D eigenvalue weighted by Crippen LogP contribution is -2.19. The summed E-state index contributed by atoms with van der Waals surface area (Å²) in [5.74, 6) is -0.0497. The molecule has 14 heavy (non-hydrogen) atoms. The molecule has 0 bridgehead atoms. The second-order valence-corrected chi connectivity index (χ2v) is 4.03. The highest BCUT2D eigenvalue weighted by molar-refractivity contribution is 14.1. The van der Waals surface area contributed by atoms with Gasteiger partial charge in [0.25, 0.3) is 0 Å². The number of carbonyl (C=O) groups is 1. The van der Waals surface area contributed by atoms with Crippen LogP contribution in [-0.4, -0.2) is 12.5 Å². The molecule has 0 aliphatic rings. The molecule has 1 amide bonds. The van der Waals surface area contributed by atoms with Crippen LogP contribution in [0.4, 0.5) is 0 Å². The van der Waals surface area contributed by atoms with E-state index in [-0.39, 0.29) is 5.91 Å². The first-order valence-electron chi connectivity index (χ1n) is 4.44. The van der Waals surface area contributed by atoms with Crippen LogP contribution in [0, 0.1) is 3.57 Å². The summed E-state index contributed by atoms with van der Waals surface area (Å²) in [6, 6.07) is 7.98. The molecule has 0 saturated carbocycles. The molecule has 0 fully saturated rings. The molecule has 0 unspecified atom stereocenters. The van der Waals surface area contributed by atoms with Gasteiger partial charge in [0.15, 0.2) is 0 Å². The van der Waals surface area contributed by atoms with Crippen LogP contribution >= 0.6 is 22.6 Å². The first-order valence-corrected chi connectivity index (χ1v) is 5.51. The fraction of sp³-hybridized carbons (Fsp3) is 0.182. The van der Waals surface area contributed by atoms with E-state index in [1.807, 2.05) is 37.3 Å². The predicted molar refractivity (Wildman–Crippen MR) is 66.9 cm³/mol. The second kappa shape index (κ2) is 5.80. The lowest BCUT2D eigenvalue weighted by atomic mass is 10.2. The molecule has 0 spiro atoms. The van der Waals surface area contributed by atoms with Crippen molar-refractivity contribution < 1.29 is 4.79 Å². The smallest absolute Gasteiger partial charge is 0.243 e. The van der Waals surface area contributed by atoms with Gasteiger partial charge in [-0.05, 0) is 53.3 Å². The third-order valence-electron chi connectivity index (χ3n) is 1.63. The van der Waals surface area contributed by atoms with Crippen LogP contribution in [0.1, 0.15) is 12.5 Å². The molecule has 1 rings (SSSR count). The highest BCUT2D eigenvalue weighted by atomic mass is 127. The number of halogens is 1. The SMILES string of the molecule is CCNC(=O)/C=C/c1cccc(I)c1. The van der Waals surface area contributed by atoms with Crippen molar-refractivity contribution in [2.45, 2.75) is 6.92 Å². The summed E-state index contributed by atoms with van der Waals surface area (Å²) < 4.78 is 1.17. The fourth-order valence-corrected chi connectivity index (χ4v) is 1.58. The monoisotopic (exact) mass is 301 g/mol. The van der Waals surface area contributed by atoms with Crippen molar-refractivity contribution in [3.63, 3.8) is 0 Å². The van der Waals surface area contributed by atoms with Crippen LogP contribution < -0.4 is 5.32 Å². The van der Waals surface area contributed by atoms with Gasteiger partial charge in [0.05, 0.1) is 0 Å². The van der Waals surface area contributed by atoms with E-state index in [2.05, 4.69) is 27.9 Å². The van der Waals surface area contributed by atoms with Crippen molar-refractivity contribution in [1.82, 2.24) is 5.32 Å². The van der Waals surface area contributed by atoms with E-state index >= 15 is 0 Å². The van der Waals surface area contributed by atoms with Gasteiger partial charge in [-0.15, -0.1) is 0 Å². The lowest BCUT2D eigenvalue weighted by Gasteiger charge is -1.96. The summed E-state index contributed by atoms with van der Waals surface area (Å²) in [7, 11) is 0. The Hall–Kier alpha value is -0.840. The normalized spacial score (nSPS) is 10.4. The zero-order chi connectivity index (χ0) is 10.4. The largest absolute Gasteiger partial charge is 0.353 e. The van der Waals surface area contributed by atoms with Crippen LogP contribution in [0.15, 0.2) is 30.3 Å². The second-order valence-electron chi connectivity index (χ2n) is 2.78. The molecule has 0 aliphatic heterocycles. The minimum Gasteiger partial charge on any atom is -0.353 e. The predicted octanol–water partition coefficient (Wildman–Crippen LogP) is 2.44. The zero-order valence-electron chi connectivity index (χ0n) is 7.96. The number of rotatable bonds is 3. The molecule has 0 radical (unpaired) electrons. The Labute approximate surface area is 97.5 Å². The lowest BCUT2D eigenvalue weighted by molar-refractivity contribution is -0.116. The van der Waals surface area contributed by atoms with Crippen molar-refractivity contribution in [2.24, 2.45) is 0 Å². The molecule has 0 atom stereocenters. The van der Waals surface area contributed by atoms with Gasteiger partial charge in [-0.25, -0.2) is 0 Å². The Kier molecular flexibility index (Phi) is 4.65. The molecule has 74 valence electrons. The van der Waals surface area contributed by atoms with Gasteiger partial charge in [0, 0.05) is 16.2 Å². The van der Waals surface area contributed by atoms with E-state index in [9.17, 15) is 4.79 Å². The molecular weight excluding hydrogens is 289 g/mol. The van der Waals surface area contributed by atoms with E-state index < -0.39 is 0 Å². The van der Waals surface area contributed by atoms with E-state index in [0.29, 0.717) is 6.54 Å². The summed E-state index contributed by atoms with van der Waals surface area (Å²) in [6.45, 7) is 2.56. The standard InChI is InChI=1S/C11H12INO/c1-2-13-11(14)7-6-9-4-3-5-10(12)8-9/h3-8H,2H2,1H3,(H,13,14)/b7-6+. The van der Waals surface area contributed by atoms with Gasteiger partial charge in [-0.3, -0.25) is 4.79 Å². The van der Waals surface area contributed by atoms with Crippen molar-refractivity contribution in [3.05, 3.63) is 39.5 Å². The number of carbonyl (C=O) groups excluding carboxylic acids is 1. The molecule has 1 N–H and O–H groups in total. The molecule has 0 aliphatic carbocycles. The first-order chi connectivity index (χ1) is 6.72. The number of amides is 1. The summed E-state index contributed by atoms with van der Waals surface area (Å²) in [5.41, 5.74) is 1.04. The highest BCUT2D eigenvalue weighted by Crippen LogP contribution is 2.08. The fourth-order valence-electron chi connectivity index (χ4n) is 1.02. The van der Waals surface area contributed by atoms with Crippen LogP contribution in [0.25, 0.3) is 6.08 Å². The summed E-state index contributed by atoms with van der Waals surface area (Å²) in [6.07, 6.45) is 3.36. The van der Waals surface area contributed by atoms with Crippen LogP contribution in [0.5, 0.6) is 0 Å². The van der Waals surface area contributed by atoms with Gasteiger partial charge in [-0.2, -0.15) is 0 Å². The van der Waals surface area contributed by atoms with Crippen LogP contribution in [0.2, 0.25) is 0 Å². The molecular formula is C11H12INO. The molecule has 1 aromatic rings. The summed E-state index contributed by atoms with van der Waals surface area (Å²) >= 11 is 2.24. The van der Waals surface area contributed by atoms with Crippen molar-refractivity contribution in [2.75, 3.05) is 6.54 Å². The molecule has 0 saturated heterocycles. The Morgan fingerprint density at radius 3 is 3.00 bits per heavy atom. The summed E-state index contributed by atoms with van der Waals surface area (Å²) in [4.78, 5) is 11.1. The minimum absolute atomic E-state index is 0.0497. The number of likely N-dealkylation sites (N-methyl/N-ethyl adjacent to an activating group) is 1. The number of hydrogen-bond acceptors (Lipinski definition) is 1. The molecule has 1 aromatic carbocycles. The minimum atomic E-state index is -0.0497. The van der Waals surface area contributed by atoms with Crippen molar-refractivity contribution in [3.8, 4) is 0 Å². The number of nitrogens with one attached hydrogen (secondary N) is 1. The van der Waals surface area contributed by atoms with Gasteiger partial charge in [-0.1, -0.05) is 12.1 Å². The number of hydrogen-bond donors (Lipinski definition) is 1. The summed E-state index contributed by atoms with van der Waals surface area (Å²) in [5, 5.41) is 2.70. The van der Waals surface area contributed by atoms with Crippen LogP contribution in [-0.2, 0) is 4.79 Å². The number of benzene rings is 1. The molecule has 2 nitrogen and oxygen atoms in total. The van der Waals surface area contributed by atoms with Gasteiger partial charge >= 0.3 is 0 Å².